The first-order valence-corrected chi connectivity index (χ1v) is 7.39. The van der Waals surface area contributed by atoms with Crippen LogP contribution in [-0.2, 0) is 0 Å². The average molecular weight is 405 g/mol. The van der Waals surface area contributed by atoms with Gasteiger partial charge in [0.1, 0.15) is 5.75 Å². The SMILES string of the molecule is COc1ccc(C(=O)NN=Cc2ccc(C#N)cc2)cc1I. The number of nitrogens with one attached hydrogen (secondary N) is 1. The van der Waals surface area contributed by atoms with Crippen LogP contribution in [0.25, 0.3) is 0 Å². The summed E-state index contributed by atoms with van der Waals surface area (Å²) in [5.41, 5.74) is 4.34. The maximum atomic E-state index is 12.0. The Morgan fingerprint density at radius 2 is 2.05 bits per heavy atom. The van der Waals surface area contributed by atoms with E-state index in [9.17, 15) is 4.79 Å². The molecule has 6 heteroatoms. The van der Waals surface area contributed by atoms with Crippen LogP contribution in [-0.4, -0.2) is 19.2 Å². The molecule has 22 heavy (non-hydrogen) atoms. The van der Waals surface area contributed by atoms with E-state index in [1.807, 2.05) is 6.07 Å². The molecule has 0 bridgehead atoms. The summed E-state index contributed by atoms with van der Waals surface area (Å²) < 4.78 is 6.00. The maximum absolute atomic E-state index is 12.0. The summed E-state index contributed by atoms with van der Waals surface area (Å²) in [5, 5.41) is 12.6. The van der Waals surface area contributed by atoms with Crippen LogP contribution >= 0.6 is 22.6 Å². The molecular weight excluding hydrogens is 393 g/mol. The predicted molar refractivity (Wildman–Crippen MR) is 91.9 cm³/mol. The molecule has 0 fully saturated rings. The van der Waals surface area contributed by atoms with Gasteiger partial charge >= 0.3 is 0 Å². The molecule has 0 aliphatic heterocycles. The molecule has 2 rings (SSSR count). The van der Waals surface area contributed by atoms with E-state index in [-0.39, 0.29) is 5.91 Å². The van der Waals surface area contributed by atoms with E-state index in [0.29, 0.717) is 11.1 Å². The number of nitrogens with zero attached hydrogens (tertiary/aromatic N) is 2. The Labute approximate surface area is 141 Å². The van der Waals surface area contributed by atoms with Crippen molar-refractivity contribution in [2.75, 3.05) is 7.11 Å². The molecule has 0 aliphatic rings. The lowest BCUT2D eigenvalue weighted by molar-refractivity contribution is 0.0955. The fraction of sp³-hybridized carbons (Fsp3) is 0.0625. The third-order valence-corrected chi connectivity index (χ3v) is 3.68. The van der Waals surface area contributed by atoms with Gasteiger partial charge in [-0.15, -0.1) is 0 Å². The number of amides is 1. The summed E-state index contributed by atoms with van der Waals surface area (Å²) in [6, 6.07) is 14.1. The fourth-order valence-electron chi connectivity index (χ4n) is 1.68. The highest BCUT2D eigenvalue weighted by molar-refractivity contribution is 14.1. The topological polar surface area (TPSA) is 74.5 Å². The second-order valence-corrected chi connectivity index (χ2v) is 5.44. The molecular formula is C16H12IN3O2. The van der Waals surface area contributed by atoms with Crippen LogP contribution in [0.5, 0.6) is 5.75 Å². The second kappa shape index (κ2) is 7.56. The van der Waals surface area contributed by atoms with Crippen molar-refractivity contribution in [3.63, 3.8) is 0 Å². The maximum Gasteiger partial charge on any atom is 0.271 e. The number of methoxy groups -OCH3 is 1. The monoisotopic (exact) mass is 405 g/mol. The molecule has 2 aromatic carbocycles. The van der Waals surface area contributed by atoms with E-state index < -0.39 is 0 Å². The van der Waals surface area contributed by atoms with Crippen LogP contribution < -0.4 is 10.2 Å². The van der Waals surface area contributed by atoms with Gasteiger partial charge in [-0.2, -0.15) is 10.4 Å². The van der Waals surface area contributed by atoms with Crippen molar-refractivity contribution in [3.8, 4) is 11.8 Å². The zero-order chi connectivity index (χ0) is 15.9. The largest absolute Gasteiger partial charge is 0.496 e. The first-order valence-electron chi connectivity index (χ1n) is 6.31. The summed E-state index contributed by atoms with van der Waals surface area (Å²) in [5.74, 6) is 0.420. The second-order valence-electron chi connectivity index (χ2n) is 4.28. The van der Waals surface area contributed by atoms with Crippen LogP contribution in [0.3, 0.4) is 0 Å². The lowest BCUT2D eigenvalue weighted by Crippen LogP contribution is -2.17. The van der Waals surface area contributed by atoms with Gasteiger partial charge in [-0.3, -0.25) is 4.79 Å². The number of hydrazone groups is 1. The average Bonchev–Trinajstić information content (AvgIpc) is 2.55. The number of benzene rings is 2. The van der Waals surface area contributed by atoms with Crippen molar-refractivity contribution >= 4 is 34.7 Å². The predicted octanol–water partition coefficient (Wildman–Crippen LogP) is 2.94. The van der Waals surface area contributed by atoms with Crippen molar-refractivity contribution in [2.24, 2.45) is 5.10 Å². The number of ether oxygens (including phenoxy) is 1. The zero-order valence-electron chi connectivity index (χ0n) is 11.7. The number of rotatable bonds is 4. The van der Waals surface area contributed by atoms with Gasteiger partial charge < -0.3 is 4.74 Å². The molecule has 0 aromatic heterocycles. The van der Waals surface area contributed by atoms with E-state index in [4.69, 9.17) is 10.00 Å². The Morgan fingerprint density at radius 3 is 2.64 bits per heavy atom. The Balaban J connectivity index is 2.01. The van der Waals surface area contributed by atoms with Gasteiger partial charge in [0.25, 0.3) is 5.91 Å². The Kier molecular flexibility index (Phi) is 5.49. The molecule has 110 valence electrons. The van der Waals surface area contributed by atoms with Crippen LogP contribution in [0.4, 0.5) is 0 Å². The number of nitriles is 1. The van der Waals surface area contributed by atoms with E-state index in [1.54, 1.807) is 49.6 Å². The van der Waals surface area contributed by atoms with Crippen molar-refractivity contribution in [1.82, 2.24) is 5.43 Å². The molecule has 0 unspecified atom stereocenters. The quantitative estimate of drug-likeness (QED) is 0.483. The van der Waals surface area contributed by atoms with E-state index >= 15 is 0 Å². The number of carbonyl (C=O) groups excluding carboxylic acids is 1. The minimum Gasteiger partial charge on any atom is -0.496 e. The van der Waals surface area contributed by atoms with Crippen LogP contribution in [0.2, 0.25) is 0 Å². The minimum absolute atomic E-state index is 0.300. The minimum atomic E-state index is -0.300. The first-order chi connectivity index (χ1) is 10.6. The third-order valence-electron chi connectivity index (χ3n) is 2.83. The molecule has 0 saturated heterocycles. The van der Waals surface area contributed by atoms with Gasteiger partial charge in [0.05, 0.1) is 28.5 Å². The van der Waals surface area contributed by atoms with Crippen molar-refractivity contribution in [3.05, 3.63) is 62.7 Å². The van der Waals surface area contributed by atoms with Crippen molar-refractivity contribution in [1.29, 1.82) is 5.26 Å². The molecule has 0 saturated carbocycles. The molecule has 0 spiro atoms. The molecule has 0 radical (unpaired) electrons. The third kappa shape index (κ3) is 4.05. The molecule has 0 heterocycles. The Hall–Kier alpha value is -2.40. The van der Waals surface area contributed by atoms with E-state index in [1.165, 1.54) is 6.21 Å². The number of hydrogen-bond acceptors (Lipinski definition) is 4. The summed E-state index contributed by atoms with van der Waals surface area (Å²) in [7, 11) is 1.58. The number of carbonyl (C=O) groups is 1. The Bertz CT molecular complexity index is 749. The molecule has 0 aliphatic carbocycles. The molecule has 2 aromatic rings. The van der Waals surface area contributed by atoms with Crippen LogP contribution in [0, 0.1) is 14.9 Å². The standard InChI is InChI=1S/C16H12IN3O2/c1-22-15-7-6-13(8-14(15)17)16(21)20-19-10-12-4-2-11(9-18)3-5-12/h2-8,10H,1H3,(H,20,21). The Morgan fingerprint density at radius 1 is 1.32 bits per heavy atom. The van der Waals surface area contributed by atoms with Crippen molar-refractivity contribution < 1.29 is 9.53 Å². The summed E-state index contributed by atoms with van der Waals surface area (Å²) in [6.45, 7) is 0. The molecule has 0 atom stereocenters. The molecule has 5 nitrogen and oxygen atoms in total. The highest BCUT2D eigenvalue weighted by Gasteiger charge is 2.07. The van der Waals surface area contributed by atoms with Gasteiger partial charge in [0.2, 0.25) is 0 Å². The highest BCUT2D eigenvalue weighted by atomic mass is 127. The van der Waals surface area contributed by atoms with Gasteiger partial charge in [0.15, 0.2) is 0 Å². The van der Waals surface area contributed by atoms with Gasteiger partial charge in [-0.25, -0.2) is 5.43 Å². The lowest BCUT2D eigenvalue weighted by atomic mass is 10.2. The van der Waals surface area contributed by atoms with Crippen LogP contribution in [0.15, 0.2) is 47.6 Å². The van der Waals surface area contributed by atoms with Gasteiger partial charge in [-0.05, 0) is 58.5 Å². The highest BCUT2D eigenvalue weighted by Crippen LogP contribution is 2.21. The first kappa shape index (κ1) is 16.0. The summed E-state index contributed by atoms with van der Waals surface area (Å²) >= 11 is 2.10. The van der Waals surface area contributed by atoms with Crippen molar-refractivity contribution in [2.45, 2.75) is 0 Å². The van der Waals surface area contributed by atoms with Gasteiger partial charge in [0, 0.05) is 5.56 Å². The molecule has 1 amide bonds. The lowest BCUT2D eigenvalue weighted by Gasteiger charge is -2.05. The van der Waals surface area contributed by atoms with E-state index in [0.717, 1.165) is 14.9 Å². The molecule has 1 N–H and O–H groups in total. The summed E-state index contributed by atoms with van der Waals surface area (Å²) in [6.07, 6.45) is 1.52. The van der Waals surface area contributed by atoms with Crippen LogP contribution in [0.1, 0.15) is 21.5 Å². The summed E-state index contributed by atoms with van der Waals surface area (Å²) in [4.78, 5) is 12.0. The number of hydrogen-bond donors (Lipinski definition) is 1. The number of halogens is 1. The smallest absolute Gasteiger partial charge is 0.271 e. The normalized spacial score (nSPS) is 10.2. The van der Waals surface area contributed by atoms with Gasteiger partial charge in [-0.1, -0.05) is 12.1 Å². The zero-order valence-corrected chi connectivity index (χ0v) is 13.9. The van der Waals surface area contributed by atoms with E-state index in [2.05, 4.69) is 33.1 Å². The fourth-order valence-corrected chi connectivity index (χ4v) is 2.42.